The van der Waals surface area contributed by atoms with Gasteiger partial charge in [-0.25, -0.2) is 4.68 Å². The number of aromatic nitrogens is 4. The summed E-state index contributed by atoms with van der Waals surface area (Å²) in [5.41, 5.74) is 2.00. The smallest absolute Gasteiger partial charge is 0.236 e. The van der Waals surface area contributed by atoms with E-state index in [0.717, 1.165) is 49.2 Å². The van der Waals surface area contributed by atoms with Gasteiger partial charge in [-0.1, -0.05) is 0 Å². The van der Waals surface area contributed by atoms with Gasteiger partial charge in [0.2, 0.25) is 5.91 Å². The predicted octanol–water partition coefficient (Wildman–Crippen LogP) is 1.04. The van der Waals surface area contributed by atoms with Crippen LogP contribution in [0.2, 0.25) is 0 Å². The Labute approximate surface area is 177 Å². The molecule has 1 amide bonds. The molecule has 2 atom stereocenters. The van der Waals surface area contributed by atoms with Gasteiger partial charge in [-0.3, -0.25) is 9.69 Å². The molecule has 9 heteroatoms. The number of carbonyl (C=O) groups excluding carboxylic acids is 1. The maximum atomic E-state index is 12.7. The normalized spacial score (nSPS) is 23.1. The monoisotopic (exact) mass is 413 g/mol. The molecule has 0 saturated carbocycles. The highest BCUT2D eigenvalue weighted by atomic mass is 16.5. The molecule has 2 aliphatic heterocycles. The largest absolute Gasteiger partial charge is 0.372 e. The zero-order valence-corrected chi connectivity index (χ0v) is 18.3. The molecule has 4 rings (SSSR count). The molecular weight excluding hydrogens is 382 g/mol. The molecule has 0 aliphatic carbocycles. The third kappa shape index (κ3) is 4.62. The van der Waals surface area contributed by atoms with Gasteiger partial charge in [0.15, 0.2) is 11.6 Å². The molecule has 2 aromatic rings. The molecule has 30 heavy (non-hydrogen) atoms. The van der Waals surface area contributed by atoms with Crippen molar-refractivity contribution in [1.82, 2.24) is 29.8 Å². The van der Waals surface area contributed by atoms with Gasteiger partial charge >= 0.3 is 0 Å². The lowest BCUT2D eigenvalue weighted by Gasteiger charge is -2.38. The Hall–Kier alpha value is -2.52. The van der Waals surface area contributed by atoms with E-state index >= 15 is 0 Å². The van der Waals surface area contributed by atoms with Crippen molar-refractivity contribution in [2.45, 2.75) is 39.9 Å². The van der Waals surface area contributed by atoms with Crippen LogP contribution in [0.4, 0.5) is 5.82 Å². The van der Waals surface area contributed by atoms with Gasteiger partial charge in [0, 0.05) is 45.0 Å². The summed E-state index contributed by atoms with van der Waals surface area (Å²) in [5, 5.41) is 13.2. The minimum atomic E-state index is 0.102. The molecule has 2 fully saturated rings. The number of carbonyl (C=O) groups is 1. The van der Waals surface area contributed by atoms with Crippen LogP contribution in [0.1, 0.15) is 25.2 Å². The van der Waals surface area contributed by atoms with E-state index in [1.165, 1.54) is 0 Å². The van der Waals surface area contributed by atoms with Gasteiger partial charge in [0.25, 0.3) is 0 Å². The summed E-state index contributed by atoms with van der Waals surface area (Å²) in [4.78, 5) is 19.1. The first-order valence-corrected chi connectivity index (χ1v) is 10.7. The zero-order valence-electron chi connectivity index (χ0n) is 18.3. The summed E-state index contributed by atoms with van der Waals surface area (Å²) >= 11 is 0. The Morgan fingerprint density at radius 2 is 1.67 bits per heavy atom. The van der Waals surface area contributed by atoms with E-state index in [9.17, 15) is 4.79 Å². The van der Waals surface area contributed by atoms with Crippen molar-refractivity contribution in [3.05, 3.63) is 29.6 Å². The van der Waals surface area contributed by atoms with Crippen molar-refractivity contribution in [2.75, 3.05) is 50.7 Å². The van der Waals surface area contributed by atoms with Crippen LogP contribution in [-0.2, 0) is 9.53 Å². The highest BCUT2D eigenvalue weighted by Gasteiger charge is 2.28. The van der Waals surface area contributed by atoms with Crippen LogP contribution in [0.3, 0.4) is 0 Å². The lowest BCUT2D eigenvalue weighted by Crippen LogP contribution is -2.54. The first kappa shape index (κ1) is 20.7. The van der Waals surface area contributed by atoms with Crippen LogP contribution in [0, 0.1) is 13.8 Å². The summed E-state index contributed by atoms with van der Waals surface area (Å²) in [6, 6.07) is 5.98. The maximum Gasteiger partial charge on any atom is 0.236 e. The number of rotatable bonds is 4. The molecule has 2 aromatic heterocycles. The summed E-state index contributed by atoms with van der Waals surface area (Å²) in [6.07, 6.45) is 0.205. The van der Waals surface area contributed by atoms with E-state index in [1.54, 1.807) is 0 Å². The van der Waals surface area contributed by atoms with Crippen molar-refractivity contribution < 1.29 is 9.53 Å². The molecule has 0 aromatic carbocycles. The lowest BCUT2D eigenvalue weighted by molar-refractivity contribution is -0.144. The lowest BCUT2D eigenvalue weighted by atomic mass is 10.2. The second-order valence-corrected chi connectivity index (χ2v) is 8.41. The first-order valence-electron chi connectivity index (χ1n) is 10.7. The van der Waals surface area contributed by atoms with E-state index in [4.69, 9.17) is 4.74 Å². The van der Waals surface area contributed by atoms with Crippen LogP contribution in [0.5, 0.6) is 0 Å². The fourth-order valence-corrected chi connectivity index (χ4v) is 4.27. The van der Waals surface area contributed by atoms with Crippen molar-refractivity contribution >= 4 is 11.7 Å². The van der Waals surface area contributed by atoms with Crippen LogP contribution in [-0.4, -0.2) is 93.7 Å². The minimum Gasteiger partial charge on any atom is -0.372 e. The molecule has 0 spiro atoms. The quantitative estimate of drug-likeness (QED) is 0.741. The average molecular weight is 414 g/mol. The fraction of sp³-hybridized carbons (Fsp3) is 0.619. The van der Waals surface area contributed by atoms with Crippen LogP contribution in [0.25, 0.3) is 5.82 Å². The molecule has 9 nitrogen and oxygen atoms in total. The van der Waals surface area contributed by atoms with E-state index in [-0.39, 0.29) is 18.1 Å². The van der Waals surface area contributed by atoms with Crippen molar-refractivity contribution in [2.24, 2.45) is 0 Å². The van der Waals surface area contributed by atoms with Gasteiger partial charge in [-0.2, -0.15) is 5.10 Å². The minimum absolute atomic E-state index is 0.102. The number of aryl methyl sites for hydroxylation is 2. The zero-order chi connectivity index (χ0) is 21.3. The third-order valence-electron chi connectivity index (χ3n) is 5.69. The molecule has 4 heterocycles. The molecule has 2 aliphatic rings. The molecule has 2 unspecified atom stereocenters. The Kier molecular flexibility index (Phi) is 6.01. The van der Waals surface area contributed by atoms with Crippen molar-refractivity contribution in [3.8, 4) is 5.82 Å². The summed E-state index contributed by atoms with van der Waals surface area (Å²) < 4.78 is 7.54. The summed E-state index contributed by atoms with van der Waals surface area (Å²) in [7, 11) is 0. The number of nitrogens with zero attached hydrogens (tertiary/aromatic N) is 7. The number of hydrogen-bond donors (Lipinski definition) is 0. The Balaban J connectivity index is 1.30. The molecule has 2 saturated heterocycles. The number of morpholine rings is 1. The topological polar surface area (TPSA) is 79.6 Å². The van der Waals surface area contributed by atoms with E-state index in [1.807, 2.05) is 55.5 Å². The van der Waals surface area contributed by atoms with Gasteiger partial charge in [0.05, 0.1) is 24.4 Å². The number of piperazine rings is 1. The van der Waals surface area contributed by atoms with Crippen molar-refractivity contribution in [3.63, 3.8) is 0 Å². The van der Waals surface area contributed by atoms with Gasteiger partial charge in [-0.15, -0.1) is 10.2 Å². The Morgan fingerprint density at radius 3 is 2.23 bits per heavy atom. The number of anilines is 1. The maximum absolute atomic E-state index is 12.7. The van der Waals surface area contributed by atoms with Gasteiger partial charge < -0.3 is 14.5 Å². The summed E-state index contributed by atoms with van der Waals surface area (Å²) in [6.45, 7) is 13.2. The highest BCUT2D eigenvalue weighted by Crippen LogP contribution is 2.16. The molecule has 0 bridgehead atoms. The number of ether oxygens (including phenoxy) is 1. The van der Waals surface area contributed by atoms with Gasteiger partial charge in [-0.05, 0) is 45.9 Å². The molecule has 0 radical (unpaired) electrons. The van der Waals surface area contributed by atoms with Crippen LogP contribution in [0.15, 0.2) is 18.2 Å². The molecular formula is C21H31N7O2. The Bertz CT molecular complexity index is 864. The van der Waals surface area contributed by atoms with Gasteiger partial charge in [0.1, 0.15) is 0 Å². The van der Waals surface area contributed by atoms with E-state index < -0.39 is 0 Å². The number of hydrogen-bond acceptors (Lipinski definition) is 7. The third-order valence-corrected chi connectivity index (χ3v) is 5.69. The predicted molar refractivity (Wildman–Crippen MR) is 114 cm³/mol. The van der Waals surface area contributed by atoms with Crippen LogP contribution < -0.4 is 4.90 Å². The van der Waals surface area contributed by atoms with Crippen molar-refractivity contribution in [1.29, 1.82) is 0 Å². The second-order valence-electron chi connectivity index (χ2n) is 8.41. The second kappa shape index (κ2) is 8.69. The summed E-state index contributed by atoms with van der Waals surface area (Å²) in [5.74, 6) is 1.78. The average Bonchev–Trinajstić information content (AvgIpc) is 3.06. The Morgan fingerprint density at radius 1 is 1.03 bits per heavy atom. The SMILES string of the molecule is Cc1cc(C)n(-c2ccc(N3CCN(CC(=O)N4CC(C)OC(C)C4)CC3)nn2)n1. The highest BCUT2D eigenvalue weighted by molar-refractivity contribution is 5.78. The number of amides is 1. The fourth-order valence-electron chi connectivity index (χ4n) is 4.27. The molecule has 0 N–H and O–H groups in total. The van der Waals surface area contributed by atoms with Crippen LogP contribution >= 0.6 is 0 Å². The molecule has 162 valence electrons. The van der Waals surface area contributed by atoms with E-state index in [0.29, 0.717) is 19.6 Å². The van der Waals surface area contributed by atoms with E-state index in [2.05, 4.69) is 25.1 Å². The standard InChI is InChI=1S/C21H31N7O2/c1-15-11-16(2)28(24-15)20-6-5-19(22-23-20)26-9-7-25(8-10-26)14-21(29)27-12-17(3)30-18(4)13-27/h5-6,11,17-18H,7-10,12-14H2,1-4H3. The first-order chi connectivity index (χ1) is 14.4.